The molecule has 2 aliphatic rings. The number of nitrogens with zero attached hydrogens (tertiary/aromatic N) is 2. The van der Waals surface area contributed by atoms with Gasteiger partial charge in [-0.1, -0.05) is 29.8 Å². The summed E-state index contributed by atoms with van der Waals surface area (Å²) in [6, 6.07) is 6.85. The fourth-order valence-electron chi connectivity index (χ4n) is 4.09. The van der Waals surface area contributed by atoms with Crippen molar-refractivity contribution < 1.29 is 19.2 Å². The molecule has 3 rings (SSSR count). The molecule has 0 N–H and O–H groups in total. The van der Waals surface area contributed by atoms with Crippen molar-refractivity contribution in [1.29, 1.82) is 0 Å². The molecule has 1 aromatic rings. The summed E-state index contributed by atoms with van der Waals surface area (Å²) < 4.78 is 0. The van der Waals surface area contributed by atoms with Crippen LogP contribution in [0.5, 0.6) is 0 Å². The number of halogens is 1. The molecule has 0 saturated carbocycles. The number of likely N-dealkylation sites (N-methyl/N-ethyl adjacent to an activating group) is 1. The number of Topliss-reactive ketones (excluding diaryl/α,β-unsaturated/α-hetero) is 1. The van der Waals surface area contributed by atoms with Crippen molar-refractivity contribution in [3.8, 4) is 0 Å². The molecule has 27 heavy (non-hydrogen) atoms. The number of carbonyl (C=O) groups is 4. The van der Waals surface area contributed by atoms with Crippen molar-refractivity contribution in [2.45, 2.75) is 38.0 Å². The molecule has 6 nitrogen and oxygen atoms in total. The van der Waals surface area contributed by atoms with Crippen molar-refractivity contribution in [3.63, 3.8) is 0 Å². The van der Waals surface area contributed by atoms with Crippen LogP contribution in [-0.2, 0) is 24.6 Å². The van der Waals surface area contributed by atoms with Crippen LogP contribution in [-0.4, -0.2) is 53.4 Å². The van der Waals surface area contributed by atoms with E-state index < -0.39 is 11.3 Å². The molecule has 2 aliphatic heterocycles. The van der Waals surface area contributed by atoms with E-state index in [4.69, 9.17) is 11.6 Å². The van der Waals surface area contributed by atoms with Crippen LogP contribution < -0.4 is 0 Å². The molecule has 0 aromatic heterocycles. The van der Waals surface area contributed by atoms with Gasteiger partial charge in [-0.15, -0.1) is 0 Å². The number of likely N-dealkylation sites (tertiary alicyclic amines) is 2. The first-order valence-corrected chi connectivity index (χ1v) is 9.48. The van der Waals surface area contributed by atoms with E-state index >= 15 is 0 Å². The van der Waals surface area contributed by atoms with E-state index in [1.165, 1.54) is 14.0 Å². The zero-order valence-electron chi connectivity index (χ0n) is 15.5. The van der Waals surface area contributed by atoms with Gasteiger partial charge in [-0.25, -0.2) is 0 Å². The highest BCUT2D eigenvalue weighted by atomic mass is 35.5. The van der Waals surface area contributed by atoms with Crippen LogP contribution in [0.15, 0.2) is 24.3 Å². The number of benzene rings is 1. The highest BCUT2D eigenvalue weighted by Gasteiger charge is 2.53. The first kappa shape index (κ1) is 19.5. The van der Waals surface area contributed by atoms with Crippen LogP contribution in [0.25, 0.3) is 0 Å². The number of ketones is 1. The number of carbonyl (C=O) groups excluding carboxylic acids is 4. The second-order valence-corrected chi connectivity index (χ2v) is 7.87. The van der Waals surface area contributed by atoms with Gasteiger partial charge in [-0.3, -0.25) is 24.1 Å². The Morgan fingerprint density at radius 1 is 1.26 bits per heavy atom. The maximum absolute atomic E-state index is 13.1. The van der Waals surface area contributed by atoms with E-state index in [1.54, 1.807) is 29.2 Å². The lowest BCUT2D eigenvalue weighted by molar-refractivity contribution is -0.142. The van der Waals surface area contributed by atoms with Crippen LogP contribution in [0.4, 0.5) is 0 Å². The van der Waals surface area contributed by atoms with Crippen molar-refractivity contribution in [3.05, 3.63) is 34.9 Å². The normalized spacial score (nSPS) is 25.8. The second-order valence-electron chi connectivity index (χ2n) is 7.46. The zero-order valence-corrected chi connectivity index (χ0v) is 16.3. The zero-order chi connectivity index (χ0) is 19.8. The molecule has 2 atom stereocenters. The SMILES string of the molecule is CC(=O)[C@@H]1CCCN(C(=O)C[C@]2(c3ccccc3Cl)CC(=O)N(C)C2=O)C1. The number of piperidine rings is 1. The van der Waals surface area contributed by atoms with Gasteiger partial charge in [-0.05, 0) is 31.4 Å². The molecule has 2 fully saturated rings. The minimum Gasteiger partial charge on any atom is -0.342 e. The third-order valence-corrected chi connectivity index (χ3v) is 6.06. The van der Waals surface area contributed by atoms with Gasteiger partial charge in [0.05, 0.1) is 5.41 Å². The maximum atomic E-state index is 13.1. The Hall–Kier alpha value is -2.21. The number of amides is 3. The van der Waals surface area contributed by atoms with E-state index in [0.29, 0.717) is 23.7 Å². The second kappa shape index (κ2) is 7.43. The molecule has 0 unspecified atom stereocenters. The standard InChI is InChI=1S/C20H23ClN2O4/c1-13(24)14-6-5-9-23(12-14)18(26)11-20(10-17(25)22(2)19(20)27)15-7-3-4-8-16(15)21/h3-4,7-8,14H,5-6,9-12H2,1-2H3/t14-,20+/m1/s1. The average molecular weight is 391 g/mol. The third kappa shape index (κ3) is 3.50. The molecule has 0 bridgehead atoms. The summed E-state index contributed by atoms with van der Waals surface area (Å²) in [5, 5.41) is 0.363. The van der Waals surface area contributed by atoms with E-state index in [9.17, 15) is 19.2 Å². The first-order chi connectivity index (χ1) is 12.8. The van der Waals surface area contributed by atoms with Crippen LogP contribution in [0, 0.1) is 5.92 Å². The number of hydrogen-bond donors (Lipinski definition) is 0. The fraction of sp³-hybridized carbons (Fsp3) is 0.500. The van der Waals surface area contributed by atoms with Crippen molar-refractivity contribution in [1.82, 2.24) is 9.80 Å². The Bertz CT molecular complexity index is 809. The van der Waals surface area contributed by atoms with Gasteiger partial charge in [0.2, 0.25) is 17.7 Å². The number of hydrogen-bond acceptors (Lipinski definition) is 4. The molecule has 0 spiro atoms. The highest BCUT2D eigenvalue weighted by molar-refractivity contribution is 6.32. The molecule has 0 radical (unpaired) electrons. The molecule has 3 amide bonds. The van der Waals surface area contributed by atoms with Crippen LogP contribution in [0.1, 0.15) is 38.2 Å². The Labute approximate surface area is 163 Å². The highest BCUT2D eigenvalue weighted by Crippen LogP contribution is 2.42. The molecule has 7 heteroatoms. The van der Waals surface area contributed by atoms with Crippen molar-refractivity contribution >= 4 is 35.1 Å². The van der Waals surface area contributed by atoms with E-state index in [-0.39, 0.29) is 36.4 Å². The smallest absolute Gasteiger partial charge is 0.240 e. The van der Waals surface area contributed by atoms with Crippen LogP contribution in [0.3, 0.4) is 0 Å². The predicted molar refractivity (Wildman–Crippen MR) is 100 cm³/mol. The van der Waals surface area contributed by atoms with Gasteiger partial charge in [0.25, 0.3) is 0 Å². The number of rotatable bonds is 4. The predicted octanol–water partition coefficient (Wildman–Crippen LogP) is 2.18. The van der Waals surface area contributed by atoms with Gasteiger partial charge < -0.3 is 4.90 Å². The number of imide groups is 1. The third-order valence-electron chi connectivity index (χ3n) is 5.73. The Morgan fingerprint density at radius 3 is 2.56 bits per heavy atom. The molecular weight excluding hydrogens is 368 g/mol. The summed E-state index contributed by atoms with van der Waals surface area (Å²) in [6.45, 7) is 2.46. The molecule has 0 aliphatic carbocycles. The summed E-state index contributed by atoms with van der Waals surface area (Å²) in [5.41, 5.74) is -0.785. The molecule has 144 valence electrons. The Balaban J connectivity index is 1.92. The topological polar surface area (TPSA) is 74.8 Å². The maximum Gasteiger partial charge on any atom is 0.240 e. The van der Waals surface area contributed by atoms with E-state index in [2.05, 4.69) is 0 Å². The molecule has 2 saturated heterocycles. The fourth-order valence-corrected chi connectivity index (χ4v) is 4.40. The first-order valence-electron chi connectivity index (χ1n) is 9.10. The minimum atomic E-state index is -1.29. The summed E-state index contributed by atoms with van der Waals surface area (Å²) >= 11 is 6.34. The summed E-state index contributed by atoms with van der Waals surface area (Å²) in [4.78, 5) is 52.8. The lowest BCUT2D eigenvalue weighted by Gasteiger charge is -2.35. The quantitative estimate of drug-likeness (QED) is 0.738. The Morgan fingerprint density at radius 2 is 1.96 bits per heavy atom. The van der Waals surface area contributed by atoms with E-state index in [0.717, 1.165) is 17.7 Å². The molecular formula is C20H23ClN2O4. The van der Waals surface area contributed by atoms with Gasteiger partial charge in [-0.2, -0.15) is 0 Å². The summed E-state index contributed by atoms with van der Waals surface area (Å²) in [5.74, 6) is -1.05. The Kier molecular flexibility index (Phi) is 5.38. The lowest BCUT2D eigenvalue weighted by atomic mass is 9.75. The molecule has 1 aromatic carbocycles. The van der Waals surface area contributed by atoms with Gasteiger partial charge in [0.1, 0.15) is 5.78 Å². The average Bonchev–Trinajstić information content (AvgIpc) is 2.86. The minimum absolute atomic E-state index is 0.0696. The summed E-state index contributed by atoms with van der Waals surface area (Å²) in [7, 11) is 1.43. The molecule has 2 heterocycles. The van der Waals surface area contributed by atoms with Gasteiger partial charge in [0.15, 0.2) is 0 Å². The van der Waals surface area contributed by atoms with Crippen molar-refractivity contribution in [2.24, 2.45) is 5.92 Å². The summed E-state index contributed by atoms with van der Waals surface area (Å²) in [6.07, 6.45) is 1.31. The monoisotopic (exact) mass is 390 g/mol. The van der Waals surface area contributed by atoms with Crippen LogP contribution >= 0.6 is 11.6 Å². The lowest BCUT2D eigenvalue weighted by Crippen LogP contribution is -2.46. The van der Waals surface area contributed by atoms with Crippen LogP contribution in [0.2, 0.25) is 5.02 Å². The van der Waals surface area contributed by atoms with E-state index in [1.807, 2.05) is 0 Å². The van der Waals surface area contributed by atoms with Crippen molar-refractivity contribution in [2.75, 3.05) is 20.1 Å². The van der Waals surface area contributed by atoms with Gasteiger partial charge >= 0.3 is 0 Å². The largest absolute Gasteiger partial charge is 0.342 e. The van der Waals surface area contributed by atoms with Gasteiger partial charge in [0, 0.05) is 43.9 Å².